The molecule has 0 bridgehead atoms. The largest absolute Gasteiger partial charge is 0.469 e. The molecular weight excluding hydrogens is 202 g/mol. The van der Waals surface area contributed by atoms with Crippen LogP contribution in [-0.2, 0) is 9.53 Å². The van der Waals surface area contributed by atoms with Gasteiger partial charge in [-0.3, -0.25) is 4.79 Å². The Labute approximate surface area is 98.9 Å². The first-order valence-electron chi connectivity index (χ1n) is 6.52. The van der Waals surface area contributed by atoms with Crippen molar-refractivity contribution in [3.05, 3.63) is 0 Å². The Bertz CT molecular complexity index is 200. The first-order chi connectivity index (χ1) is 7.72. The molecule has 1 unspecified atom stereocenters. The number of ether oxygens (including phenoxy) is 1. The summed E-state index contributed by atoms with van der Waals surface area (Å²) in [6.07, 6.45) is 8.75. The predicted octanol–water partition coefficient (Wildman–Crippen LogP) is 2.50. The highest BCUT2D eigenvalue weighted by molar-refractivity contribution is 5.69. The van der Waals surface area contributed by atoms with Crippen LogP contribution in [-0.4, -0.2) is 25.7 Å². The standard InChI is InChI=1S/C13H25NO2/c1-11(10-13(15)16-2)14-9-8-12-6-4-3-5-7-12/h11-12,14H,3-10H2,1-2H3. The maximum absolute atomic E-state index is 11.0. The number of hydrogen-bond acceptors (Lipinski definition) is 3. The quantitative estimate of drug-likeness (QED) is 0.709. The fraction of sp³-hybridized carbons (Fsp3) is 0.923. The van der Waals surface area contributed by atoms with Gasteiger partial charge in [0.25, 0.3) is 0 Å². The zero-order chi connectivity index (χ0) is 11.8. The van der Waals surface area contributed by atoms with Crippen LogP contribution in [0.3, 0.4) is 0 Å². The van der Waals surface area contributed by atoms with Crippen LogP contribution in [0.15, 0.2) is 0 Å². The van der Waals surface area contributed by atoms with Gasteiger partial charge in [-0.2, -0.15) is 0 Å². The summed E-state index contributed by atoms with van der Waals surface area (Å²) in [5, 5.41) is 3.39. The van der Waals surface area contributed by atoms with E-state index in [9.17, 15) is 4.79 Å². The molecule has 0 aliphatic heterocycles. The van der Waals surface area contributed by atoms with Gasteiger partial charge in [-0.15, -0.1) is 0 Å². The molecule has 1 aliphatic carbocycles. The second-order valence-corrected chi connectivity index (χ2v) is 4.93. The van der Waals surface area contributed by atoms with Gasteiger partial charge in [0.05, 0.1) is 13.5 Å². The Morgan fingerprint density at radius 1 is 1.38 bits per heavy atom. The van der Waals surface area contributed by atoms with Crippen LogP contribution >= 0.6 is 0 Å². The maximum atomic E-state index is 11.0. The predicted molar refractivity (Wildman–Crippen MR) is 65.3 cm³/mol. The highest BCUT2D eigenvalue weighted by Crippen LogP contribution is 2.25. The molecule has 3 nitrogen and oxygen atoms in total. The van der Waals surface area contributed by atoms with Crippen LogP contribution in [0.4, 0.5) is 0 Å². The average Bonchev–Trinajstić information content (AvgIpc) is 2.30. The number of hydrogen-bond donors (Lipinski definition) is 1. The van der Waals surface area contributed by atoms with E-state index in [1.807, 2.05) is 6.92 Å². The fourth-order valence-corrected chi connectivity index (χ4v) is 2.42. The summed E-state index contributed by atoms with van der Waals surface area (Å²) < 4.78 is 4.64. The summed E-state index contributed by atoms with van der Waals surface area (Å²) in [5.74, 6) is 0.782. The van der Waals surface area contributed by atoms with Crippen molar-refractivity contribution < 1.29 is 9.53 Å². The molecule has 0 spiro atoms. The third kappa shape index (κ3) is 5.50. The average molecular weight is 227 g/mol. The number of carbonyl (C=O) groups excluding carboxylic acids is 1. The van der Waals surface area contributed by atoms with Crippen LogP contribution in [0.2, 0.25) is 0 Å². The van der Waals surface area contributed by atoms with E-state index >= 15 is 0 Å². The zero-order valence-electron chi connectivity index (χ0n) is 10.6. The van der Waals surface area contributed by atoms with E-state index in [-0.39, 0.29) is 12.0 Å². The Morgan fingerprint density at radius 2 is 2.06 bits per heavy atom. The van der Waals surface area contributed by atoms with E-state index in [2.05, 4.69) is 10.1 Å². The van der Waals surface area contributed by atoms with E-state index in [1.165, 1.54) is 45.6 Å². The molecule has 0 amide bonds. The van der Waals surface area contributed by atoms with Crippen LogP contribution < -0.4 is 5.32 Å². The molecule has 0 aromatic heterocycles. The Kier molecular flexibility index (Phi) is 6.46. The van der Waals surface area contributed by atoms with Gasteiger partial charge in [-0.1, -0.05) is 32.1 Å². The highest BCUT2D eigenvalue weighted by Gasteiger charge is 2.14. The molecule has 3 heteroatoms. The number of carbonyl (C=O) groups is 1. The lowest BCUT2D eigenvalue weighted by Crippen LogP contribution is -2.30. The van der Waals surface area contributed by atoms with Gasteiger partial charge >= 0.3 is 5.97 Å². The lowest BCUT2D eigenvalue weighted by Gasteiger charge is -2.22. The van der Waals surface area contributed by atoms with Crippen molar-refractivity contribution in [3.8, 4) is 0 Å². The second-order valence-electron chi connectivity index (χ2n) is 4.93. The van der Waals surface area contributed by atoms with Crippen molar-refractivity contribution in [3.63, 3.8) is 0 Å². The molecule has 0 saturated heterocycles. The van der Waals surface area contributed by atoms with Crippen molar-refractivity contribution in [1.82, 2.24) is 5.32 Å². The number of esters is 1. The van der Waals surface area contributed by atoms with Crippen LogP contribution in [0.1, 0.15) is 51.9 Å². The lowest BCUT2D eigenvalue weighted by molar-refractivity contribution is -0.141. The third-order valence-electron chi connectivity index (χ3n) is 3.47. The van der Waals surface area contributed by atoms with E-state index in [0.717, 1.165) is 12.5 Å². The van der Waals surface area contributed by atoms with Crippen molar-refractivity contribution in [1.29, 1.82) is 0 Å². The minimum atomic E-state index is -0.127. The van der Waals surface area contributed by atoms with Crippen molar-refractivity contribution in [2.45, 2.75) is 57.9 Å². The molecule has 1 N–H and O–H groups in total. The normalized spacial score (nSPS) is 19.4. The molecule has 0 aromatic rings. The summed E-state index contributed by atoms with van der Waals surface area (Å²) >= 11 is 0. The van der Waals surface area contributed by atoms with Gasteiger partial charge in [0.15, 0.2) is 0 Å². The topological polar surface area (TPSA) is 38.3 Å². The van der Waals surface area contributed by atoms with Crippen LogP contribution in [0, 0.1) is 5.92 Å². The van der Waals surface area contributed by atoms with Gasteiger partial charge in [-0.05, 0) is 25.8 Å². The third-order valence-corrected chi connectivity index (χ3v) is 3.47. The molecular formula is C13H25NO2. The monoisotopic (exact) mass is 227 g/mol. The summed E-state index contributed by atoms with van der Waals surface area (Å²) in [6.45, 7) is 3.07. The lowest BCUT2D eigenvalue weighted by atomic mass is 9.87. The first kappa shape index (κ1) is 13.5. The van der Waals surface area contributed by atoms with Crippen molar-refractivity contribution in [2.24, 2.45) is 5.92 Å². The van der Waals surface area contributed by atoms with Crippen LogP contribution in [0.25, 0.3) is 0 Å². The molecule has 0 radical (unpaired) electrons. The molecule has 1 rings (SSSR count). The van der Waals surface area contributed by atoms with E-state index in [4.69, 9.17) is 0 Å². The summed E-state index contributed by atoms with van der Waals surface area (Å²) in [7, 11) is 1.44. The maximum Gasteiger partial charge on any atom is 0.307 e. The minimum Gasteiger partial charge on any atom is -0.469 e. The van der Waals surface area contributed by atoms with E-state index in [1.54, 1.807) is 0 Å². The molecule has 1 atom stereocenters. The highest BCUT2D eigenvalue weighted by atomic mass is 16.5. The Morgan fingerprint density at radius 3 is 2.69 bits per heavy atom. The summed E-state index contributed by atoms with van der Waals surface area (Å²) in [4.78, 5) is 11.0. The molecule has 0 heterocycles. The molecule has 94 valence electrons. The van der Waals surface area contributed by atoms with Crippen LogP contribution in [0.5, 0.6) is 0 Å². The molecule has 1 aliphatic rings. The number of rotatable bonds is 6. The minimum absolute atomic E-state index is 0.127. The van der Waals surface area contributed by atoms with Gasteiger partial charge < -0.3 is 10.1 Å². The molecule has 1 fully saturated rings. The fourth-order valence-electron chi connectivity index (χ4n) is 2.42. The Hall–Kier alpha value is -0.570. The van der Waals surface area contributed by atoms with Crippen molar-refractivity contribution >= 4 is 5.97 Å². The van der Waals surface area contributed by atoms with Crippen molar-refractivity contribution in [2.75, 3.05) is 13.7 Å². The van der Waals surface area contributed by atoms with Gasteiger partial charge in [0.2, 0.25) is 0 Å². The Balaban J connectivity index is 2.03. The van der Waals surface area contributed by atoms with E-state index < -0.39 is 0 Å². The van der Waals surface area contributed by atoms with Gasteiger partial charge in [-0.25, -0.2) is 0 Å². The van der Waals surface area contributed by atoms with Gasteiger partial charge in [0.1, 0.15) is 0 Å². The summed E-state index contributed by atoms with van der Waals surface area (Å²) in [5.41, 5.74) is 0. The molecule has 0 aromatic carbocycles. The number of nitrogens with one attached hydrogen (secondary N) is 1. The molecule has 16 heavy (non-hydrogen) atoms. The van der Waals surface area contributed by atoms with E-state index in [0.29, 0.717) is 6.42 Å². The second kappa shape index (κ2) is 7.66. The number of methoxy groups -OCH3 is 1. The SMILES string of the molecule is COC(=O)CC(C)NCCC1CCCCC1. The first-order valence-corrected chi connectivity index (χ1v) is 6.52. The van der Waals surface area contributed by atoms with Gasteiger partial charge in [0, 0.05) is 6.04 Å². The smallest absolute Gasteiger partial charge is 0.307 e. The summed E-state index contributed by atoms with van der Waals surface area (Å²) in [6, 6.07) is 0.232. The zero-order valence-corrected chi connectivity index (χ0v) is 10.6. The molecule has 1 saturated carbocycles.